The van der Waals surface area contributed by atoms with Gasteiger partial charge < -0.3 is 9.80 Å². The molecule has 0 aromatic heterocycles. The Morgan fingerprint density at radius 2 is 2.19 bits per heavy atom. The van der Waals surface area contributed by atoms with E-state index in [1.54, 1.807) is 0 Å². The number of hydrogen-bond donors (Lipinski definition) is 0. The normalized spacial score (nSPS) is 39.7. The SMILES string of the molecule is CCN1C[C@@H]2C[C@@H](C1)C1CCCC(=O)N1C2. The third kappa shape index (κ3) is 1.65. The minimum absolute atomic E-state index is 0.427. The molecule has 0 radical (unpaired) electrons. The monoisotopic (exact) mass is 222 g/mol. The Morgan fingerprint density at radius 3 is 3.00 bits per heavy atom. The van der Waals surface area contributed by atoms with Crippen LogP contribution in [0.5, 0.6) is 0 Å². The van der Waals surface area contributed by atoms with Crippen molar-refractivity contribution in [2.45, 2.75) is 38.6 Å². The van der Waals surface area contributed by atoms with E-state index in [4.69, 9.17) is 0 Å². The van der Waals surface area contributed by atoms with Crippen molar-refractivity contribution in [3.05, 3.63) is 0 Å². The number of carbonyl (C=O) groups is 1. The molecule has 0 spiro atoms. The van der Waals surface area contributed by atoms with Gasteiger partial charge in [-0.15, -0.1) is 0 Å². The van der Waals surface area contributed by atoms with Crippen molar-refractivity contribution in [1.82, 2.24) is 9.80 Å². The van der Waals surface area contributed by atoms with Gasteiger partial charge in [0.2, 0.25) is 5.91 Å². The highest BCUT2D eigenvalue weighted by Crippen LogP contribution is 2.37. The summed E-state index contributed by atoms with van der Waals surface area (Å²) in [5, 5.41) is 0. The molecule has 0 aromatic carbocycles. The van der Waals surface area contributed by atoms with Crippen LogP contribution in [0.15, 0.2) is 0 Å². The largest absolute Gasteiger partial charge is 0.339 e. The van der Waals surface area contributed by atoms with Crippen LogP contribution in [-0.4, -0.2) is 47.9 Å². The first-order valence-corrected chi connectivity index (χ1v) is 6.79. The fourth-order valence-corrected chi connectivity index (χ4v) is 3.97. The van der Waals surface area contributed by atoms with Gasteiger partial charge in [0.15, 0.2) is 0 Å². The van der Waals surface area contributed by atoms with Crippen molar-refractivity contribution in [2.24, 2.45) is 11.8 Å². The van der Waals surface area contributed by atoms with Crippen LogP contribution in [0, 0.1) is 11.8 Å². The van der Waals surface area contributed by atoms with Crippen molar-refractivity contribution in [3.63, 3.8) is 0 Å². The van der Waals surface area contributed by atoms with E-state index in [9.17, 15) is 4.79 Å². The molecule has 3 fully saturated rings. The molecule has 3 rings (SSSR count). The van der Waals surface area contributed by atoms with E-state index in [1.165, 1.54) is 32.5 Å². The number of likely N-dealkylation sites (tertiary alicyclic amines) is 1. The molecule has 16 heavy (non-hydrogen) atoms. The Labute approximate surface area is 97.8 Å². The van der Waals surface area contributed by atoms with Crippen LogP contribution in [0.3, 0.4) is 0 Å². The summed E-state index contributed by atoms with van der Waals surface area (Å²) in [6, 6.07) is 0.576. The first-order chi connectivity index (χ1) is 7.78. The molecule has 0 aliphatic carbocycles. The summed E-state index contributed by atoms with van der Waals surface area (Å²) in [4.78, 5) is 16.7. The molecule has 3 heterocycles. The maximum absolute atomic E-state index is 11.9. The molecule has 3 aliphatic heterocycles. The van der Waals surface area contributed by atoms with Gasteiger partial charge in [-0.2, -0.15) is 0 Å². The lowest BCUT2D eigenvalue weighted by Crippen LogP contribution is -2.60. The van der Waals surface area contributed by atoms with Gasteiger partial charge in [-0.25, -0.2) is 0 Å². The average Bonchev–Trinajstić information content (AvgIpc) is 2.30. The average molecular weight is 222 g/mol. The van der Waals surface area contributed by atoms with Crippen molar-refractivity contribution in [2.75, 3.05) is 26.2 Å². The summed E-state index contributed by atoms with van der Waals surface area (Å²) in [5.74, 6) is 1.93. The van der Waals surface area contributed by atoms with Crippen molar-refractivity contribution in [1.29, 1.82) is 0 Å². The molecule has 1 unspecified atom stereocenters. The van der Waals surface area contributed by atoms with Crippen LogP contribution in [-0.2, 0) is 4.79 Å². The molecule has 0 N–H and O–H groups in total. The molecule has 3 atom stereocenters. The van der Waals surface area contributed by atoms with Gasteiger partial charge in [-0.3, -0.25) is 4.79 Å². The van der Waals surface area contributed by atoms with Gasteiger partial charge in [-0.05, 0) is 37.6 Å². The zero-order valence-corrected chi connectivity index (χ0v) is 10.2. The molecular weight excluding hydrogens is 200 g/mol. The van der Waals surface area contributed by atoms with Gasteiger partial charge in [0.1, 0.15) is 0 Å². The third-order valence-electron chi connectivity index (χ3n) is 4.70. The molecular formula is C13H22N2O. The van der Waals surface area contributed by atoms with Crippen LogP contribution < -0.4 is 0 Å². The van der Waals surface area contributed by atoms with Gasteiger partial charge in [0, 0.05) is 32.1 Å². The van der Waals surface area contributed by atoms with Gasteiger partial charge in [0.05, 0.1) is 0 Å². The van der Waals surface area contributed by atoms with Crippen molar-refractivity contribution >= 4 is 5.91 Å². The summed E-state index contributed by atoms with van der Waals surface area (Å²) in [5.41, 5.74) is 0. The van der Waals surface area contributed by atoms with E-state index in [0.717, 1.165) is 31.2 Å². The fraction of sp³-hybridized carbons (Fsp3) is 0.923. The number of nitrogens with zero attached hydrogens (tertiary/aromatic N) is 2. The maximum atomic E-state index is 11.9. The quantitative estimate of drug-likeness (QED) is 0.668. The fourth-order valence-electron chi connectivity index (χ4n) is 3.97. The van der Waals surface area contributed by atoms with Gasteiger partial charge in [-0.1, -0.05) is 6.92 Å². The number of hydrogen-bond acceptors (Lipinski definition) is 2. The lowest BCUT2D eigenvalue weighted by atomic mass is 9.76. The summed E-state index contributed by atoms with van der Waals surface area (Å²) in [6.45, 7) is 6.90. The Hall–Kier alpha value is -0.570. The van der Waals surface area contributed by atoms with E-state index in [-0.39, 0.29) is 0 Å². The van der Waals surface area contributed by atoms with Crippen LogP contribution in [0.25, 0.3) is 0 Å². The molecule has 3 aliphatic rings. The van der Waals surface area contributed by atoms with E-state index < -0.39 is 0 Å². The van der Waals surface area contributed by atoms with E-state index in [2.05, 4.69) is 16.7 Å². The van der Waals surface area contributed by atoms with Gasteiger partial charge >= 0.3 is 0 Å². The predicted molar refractivity (Wildman–Crippen MR) is 63.1 cm³/mol. The molecule has 3 nitrogen and oxygen atoms in total. The molecule has 90 valence electrons. The zero-order chi connectivity index (χ0) is 11.1. The lowest BCUT2D eigenvalue weighted by Gasteiger charge is -2.52. The first-order valence-electron chi connectivity index (χ1n) is 6.79. The smallest absolute Gasteiger partial charge is 0.222 e. The number of rotatable bonds is 1. The first kappa shape index (κ1) is 10.6. The minimum Gasteiger partial charge on any atom is -0.339 e. The van der Waals surface area contributed by atoms with E-state index in [0.29, 0.717) is 11.9 Å². The summed E-state index contributed by atoms with van der Waals surface area (Å²) >= 11 is 0. The Balaban J connectivity index is 1.78. The summed E-state index contributed by atoms with van der Waals surface area (Å²) in [7, 11) is 0. The van der Waals surface area contributed by atoms with Crippen LogP contribution in [0.2, 0.25) is 0 Å². The zero-order valence-electron chi connectivity index (χ0n) is 10.2. The Bertz CT molecular complexity index is 292. The number of carbonyl (C=O) groups excluding carboxylic acids is 1. The highest BCUT2D eigenvalue weighted by Gasteiger charge is 2.43. The topological polar surface area (TPSA) is 23.6 Å². The van der Waals surface area contributed by atoms with Crippen molar-refractivity contribution in [3.8, 4) is 0 Å². The van der Waals surface area contributed by atoms with Crippen LogP contribution >= 0.6 is 0 Å². The second kappa shape index (κ2) is 4.02. The van der Waals surface area contributed by atoms with Gasteiger partial charge in [0.25, 0.3) is 0 Å². The number of fused-ring (bicyclic) bond motifs is 4. The van der Waals surface area contributed by atoms with E-state index >= 15 is 0 Å². The molecule has 0 saturated carbocycles. The van der Waals surface area contributed by atoms with Crippen LogP contribution in [0.4, 0.5) is 0 Å². The Morgan fingerprint density at radius 1 is 1.31 bits per heavy atom. The highest BCUT2D eigenvalue weighted by molar-refractivity contribution is 5.77. The van der Waals surface area contributed by atoms with Crippen molar-refractivity contribution < 1.29 is 4.79 Å². The molecule has 0 aromatic rings. The second-order valence-electron chi connectivity index (χ2n) is 5.72. The second-order valence-corrected chi connectivity index (χ2v) is 5.72. The third-order valence-corrected chi connectivity index (χ3v) is 4.70. The highest BCUT2D eigenvalue weighted by atomic mass is 16.2. The molecule has 2 bridgehead atoms. The lowest BCUT2D eigenvalue weighted by molar-refractivity contribution is -0.144. The summed E-state index contributed by atoms with van der Waals surface area (Å²) < 4.78 is 0. The Kier molecular flexibility index (Phi) is 2.66. The molecule has 3 saturated heterocycles. The standard InChI is InChI=1S/C13H22N2O/c1-2-14-7-10-6-11(9-14)12-4-3-5-13(16)15(12)8-10/h10-12H,2-9H2,1H3/t10-,11-,12?/m0/s1. The number of piperidine rings is 3. The summed E-state index contributed by atoms with van der Waals surface area (Å²) in [6.07, 6.45) is 4.53. The molecule has 3 heteroatoms. The predicted octanol–water partition coefficient (Wildman–Crippen LogP) is 1.34. The van der Waals surface area contributed by atoms with Crippen LogP contribution in [0.1, 0.15) is 32.6 Å². The maximum Gasteiger partial charge on any atom is 0.222 e. The van der Waals surface area contributed by atoms with E-state index in [1.807, 2.05) is 0 Å². The molecule has 1 amide bonds. The minimum atomic E-state index is 0.427. The number of amides is 1.